The number of carbonyl (C=O) groups is 4. The standard InChI is InChI=1S/C38H58O13/c1-18(40)51-33(2,3)13-12-25(42)38(9,48)30-21(41)15-35(6)24-11-10-19-20(37(24,8)26(43)16-36(30,35)7)14-22(31(47)34(19,4)5)49-32-29(46)28(45)27(44)23(17-39)50-32/h10,20-24,27-30,32,39,41,44-46,48H,11-17H2,1-9H3/t20-,21-,22+,23-,24+,27-,28+,29-,30?,32-,35+,36-,37+,38+/m1/s1. The average Bonchev–Trinajstić information content (AvgIpc) is 3.22. The van der Waals surface area contributed by atoms with Gasteiger partial charge in [0.1, 0.15) is 47.5 Å². The molecule has 13 heteroatoms. The fraction of sp³-hybridized carbons (Fsp3) is 0.842. The van der Waals surface area contributed by atoms with Gasteiger partial charge in [0.05, 0.1) is 12.7 Å². The molecule has 0 bridgehead atoms. The van der Waals surface area contributed by atoms with Gasteiger partial charge in [0.15, 0.2) is 17.9 Å². The summed E-state index contributed by atoms with van der Waals surface area (Å²) >= 11 is 0. The minimum atomic E-state index is -1.99. The van der Waals surface area contributed by atoms with Gasteiger partial charge in [0.25, 0.3) is 0 Å². The van der Waals surface area contributed by atoms with Crippen molar-refractivity contribution in [2.75, 3.05) is 6.61 Å². The molecule has 0 spiro atoms. The molecule has 13 nitrogen and oxygen atoms in total. The molecule has 5 aliphatic rings. The first-order valence-corrected chi connectivity index (χ1v) is 18.2. The molecule has 288 valence electrons. The van der Waals surface area contributed by atoms with E-state index in [1.165, 1.54) is 13.8 Å². The molecule has 1 saturated heterocycles. The number of hydrogen-bond acceptors (Lipinski definition) is 13. The number of allylic oxidation sites excluding steroid dienone is 2. The average molecular weight is 723 g/mol. The van der Waals surface area contributed by atoms with Crippen molar-refractivity contribution in [2.45, 2.75) is 155 Å². The van der Waals surface area contributed by atoms with Gasteiger partial charge in [0, 0.05) is 36.5 Å². The van der Waals surface area contributed by atoms with Gasteiger partial charge in [-0.1, -0.05) is 32.4 Å². The molecule has 6 N–H and O–H groups in total. The van der Waals surface area contributed by atoms with Crippen LogP contribution in [0, 0.1) is 39.4 Å². The van der Waals surface area contributed by atoms with E-state index in [9.17, 15) is 49.8 Å². The van der Waals surface area contributed by atoms with Crippen molar-refractivity contribution in [3.05, 3.63) is 11.6 Å². The van der Waals surface area contributed by atoms with Crippen LogP contribution in [-0.2, 0) is 33.4 Å². The van der Waals surface area contributed by atoms with Gasteiger partial charge < -0.3 is 44.8 Å². The second-order valence-electron chi connectivity index (χ2n) is 17.9. The van der Waals surface area contributed by atoms with Gasteiger partial charge >= 0.3 is 5.97 Å². The molecular weight excluding hydrogens is 664 g/mol. The molecule has 0 aromatic rings. The van der Waals surface area contributed by atoms with Crippen LogP contribution in [0.1, 0.15) is 101 Å². The number of ether oxygens (including phenoxy) is 3. The van der Waals surface area contributed by atoms with Crippen LogP contribution in [-0.4, -0.2) is 115 Å². The minimum Gasteiger partial charge on any atom is -0.460 e. The second-order valence-corrected chi connectivity index (χ2v) is 17.9. The number of aliphatic hydroxyl groups is 6. The Morgan fingerprint density at radius 1 is 0.980 bits per heavy atom. The second kappa shape index (κ2) is 13.0. The van der Waals surface area contributed by atoms with Crippen molar-refractivity contribution in [3.8, 4) is 0 Å². The Morgan fingerprint density at radius 3 is 2.20 bits per heavy atom. The summed E-state index contributed by atoms with van der Waals surface area (Å²) in [6, 6.07) is 0. The number of hydrogen-bond donors (Lipinski definition) is 6. The third-order valence-electron chi connectivity index (χ3n) is 14.1. The molecule has 14 atom stereocenters. The lowest BCUT2D eigenvalue weighted by atomic mass is 9.38. The minimum absolute atomic E-state index is 0.0308. The number of fused-ring (bicyclic) bond motifs is 5. The number of ketones is 3. The lowest BCUT2D eigenvalue weighted by molar-refractivity contribution is -0.311. The van der Waals surface area contributed by atoms with E-state index < -0.39 is 106 Å². The maximum absolute atomic E-state index is 14.8. The fourth-order valence-electron chi connectivity index (χ4n) is 11.1. The van der Waals surface area contributed by atoms with Gasteiger partial charge in [0.2, 0.25) is 0 Å². The first-order valence-electron chi connectivity index (χ1n) is 18.2. The first kappa shape index (κ1) is 40.1. The topological polar surface area (TPSA) is 217 Å². The number of rotatable bonds is 9. The Bertz CT molecular complexity index is 1460. The largest absolute Gasteiger partial charge is 0.460 e. The van der Waals surface area contributed by atoms with Crippen LogP contribution < -0.4 is 0 Å². The van der Waals surface area contributed by atoms with E-state index in [4.69, 9.17) is 14.2 Å². The summed E-state index contributed by atoms with van der Waals surface area (Å²) in [6.45, 7) is 14.7. The van der Waals surface area contributed by atoms with Crippen LogP contribution in [0.5, 0.6) is 0 Å². The van der Waals surface area contributed by atoms with Crippen molar-refractivity contribution in [2.24, 2.45) is 39.4 Å². The highest BCUT2D eigenvalue weighted by molar-refractivity contribution is 5.95. The monoisotopic (exact) mass is 722 g/mol. The quantitative estimate of drug-likeness (QED) is 0.147. The summed E-state index contributed by atoms with van der Waals surface area (Å²) < 4.78 is 17.0. The molecule has 5 rings (SSSR count). The Kier molecular flexibility index (Phi) is 10.2. The molecule has 1 unspecified atom stereocenters. The van der Waals surface area contributed by atoms with Crippen LogP contribution >= 0.6 is 0 Å². The zero-order valence-electron chi connectivity index (χ0n) is 31.3. The van der Waals surface area contributed by atoms with Crippen LogP contribution in [0.25, 0.3) is 0 Å². The van der Waals surface area contributed by atoms with Crippen LogP contribution in [0.15, 0.2) is 11.6 Å². The molecule has 0 radical (unpaired) electrons. The van der Waals surface area contributed by atoms with Crippen molar-refractivity contribution in [3.63, 3.8) is 0 Å². The summed E-state index contributed by atoms with van der Waals surface area (Å²) in [6.07, 6.45) is -7.25. The molecule has 1 heterocycles. The van der Waals surface area contributed by atoms with Gasteiger partial charge in [-0.2, -0.15) is 0 Å². The Balaban J connectivity index is 1.46. The third kappa shape index (κ3) is 6.07. The van der Waals surface area contributed by atoms with Crippen molar-refractivity contribution in [1.82, 2.24) is 0 Å². The Labute approximate surface area is 299 Å². The molecule has 0 aromatic heterocycles. The molecule has 51 heavy (non-hydrogen) atoms. The highest BCUT2D eigenvalue weighted by Gasteiger charge is 2.74. The number of carbonyl (C=O) groups excluding carboxylic acids is 4. The molecule has 4 aliphatic carbocycles. The fourth-order valence-corrected chi connectivity index (χ4v) is 11.1. The van der Waals surface area contributed by atoms with Crippen LogP contribution in [0.3, 0.4) is 0 Å². The summed E-state index contributed by atoms with van der Waals surface area (Å²) in [5.41, 5.74) is -5.98. The van der Waals surface area contributed by atoms with Gasteiger partial charge in [-0.15, -0.1) is 0 Å². The SMILES string of the molecule is CC(=O)OC(C)(C)CCC(=O)[C@](C)(O)C1[C@H](O)C[C@@]2(C)[C@@H]3CC=C4[C@@H](C[C@H](O[C@@H]5O[C@H](CO)[C@@H](O)[C@H](O)[C@H]5O)C(=O)C4(C)C)[C@]3(C)C(=O)C[C@]12C. The Hall–Kier alpha value is -2.10. The maximum atomic E-state index is 14.8. The summed E-state index contributed by atoms with van der Waals surface area (Å²) in [4.78, 5) is 54.1. The maximum Gasteiger partial charge on any atom is 0.303 e. The smallest absolute Gasteiger partial charge is 0.303 e. The zero-order valence-corrected chi connectivity index (χ0v) is 31.3. The van der Waals surface area contributed by atoms with Crippen molar-refractivity contribution < 1.29 is 64.0 Å². The number of esters is 1. The molecule has 1 aliphatic heterocycles. The molecule has 0 aromatic carbocycles. The van der Waals surface area contributed by atoms with E-state index in [2.05, 4.69) is 0 Å². The molecule has 4 fully saturated rings. The van der Waals surface area contributed by atoms with Gasteiger partial charge in [-0.05, 0) is 83.0 Å². The van der Waals surface area contributed by atoms with E-state index in [0.717, 1.165) is 5.57 Å². The highest BCUT2D eigenvalue weighted by Crippen LogP contribution is 2.74. The number of aliphatic hydroxyl groups excluding tert-OH is 5. The summed E-state index contributed by atoms with van der Waals surface area (Å²) in [5.74, 6) is -3.22. The zero-order chi connectivity index (χ0) is 38.4. The van der Waals surface area contributed by atoms with E-state index in [0.29, 0.717) is 6.42 Å². The lowest BCUT2D eigenvalue weighted by Crippen LogP contribution is -2.66. The molecule has 0 amide bonds. The predicted octanol–water partition coefficient (Wildman–Crippen LogP) is 1.55. The third-order valence-corrected chi connectivity index (χ3v) is 14.1. The first-order chi connectivity index (χ1) is 23.3. The van der Waals surface area contributed by atoms with E-state index >= 15 is 0 Å². The van der Waals surface area contributed by atoms with Gasteiger partial charge in [-0.3, -0.25) is 19.2 Å². The summed E-state index contributed by atoms with van der Waals surface area (Å²) in [5, 5.41) is 64.8. The summed E-state index contributed by atoms with van der Waals surface area (Å²) in [7, 11) is 0. The van der Waals surface area contributed by atoms with Crippen molar-refractivity contribution in [1.29, 1.82) is 0 Å². The predicted molar refractivity (Wildman–Crippen MR) is 180 cm³/mol. The van der Waals surface area contributed by atoms with Crippen LogP contribution in [0.4, 0.5) is 0 Å². The lowest BCUT2D eigenvalue weighted by Gasteiger charge is -2.64. The van der Waals surface area contributed by atoms with E-state index in [-0.39, 0.29) is 49.6 Å². The Morgan fingerprint density at radius 2 is 1.61 bits per heavy atom. The van der Waals surface area contributed by atoms with Crippen molar-refractivity contribution >= 4 is 23.3 Å². The number of Topliss-reactive ketones (excluding diaryl/α,β-unsaturated/α-hetero) is 3. The molecule has 3 saturated carbocycles. The molecular formula is C38H58O13. The van der Waals surface area contributed by atoms with Gasteiger partial charge in [-0.25, -0.2) is 0 Å². The highest BCUT2D eigenvalue weighted by atomic mass is 16.7. The van der Waals surface area contributed by atoms with E-state index in [1.807, 2.05) is 26.8 Å². The normalized spacial score (nSPS) is 44.8. The van der Waals surface area contributed by atoms with E-state index in [1.54, 1.807) is 27.7 Å². The van der Waals surface area contributed by atoms with Crippen LogP contribution in [0.2, 0.25) is 0 Å².